The minimum absolute atomic E-state index is 0.0936. The smallest absolute Gasteiger partial charge is 0.332 e. The number of nitrogens with zero attached hydrogens (tertiary/aromatic N) is 3. The maximum atomic E-state index is 11.4. The molecule has 2 aromatic rings. The van der Waals surface area contributed by atoms with E-state index in [4.69, 9.17) is 20.4 Å². The summed E-state index contributed by atoms with van der Waals surface area (Å²) < 4.78 is 2.37. The zero-order valence-electron chi connectivity index (χ0n) is 14.7. The lowest BCUT2D eigenvalue weighted by molar-refractivity contribution is -0.113. The second-order valence-corrected chi connectivity index (χ2v) is 5.66. The highest BCUT2D eigenvalue weighted by molar-refractivity contribution is 5.68. The van der Waals surface area contributed by atoms with Gasteiger partial charge in [-0.25, -0.2) is 9.78 Å². The quantitative estimate of drug-likeness (QED) is 0.262. The van der Waals surface area contributed by atoms with Crippen molar-refractivity contribution in [1.82, 2.24) is 24.4 Å². The van der Waals surface area contributed by atoms with Gasteiger partial charge in [-0.05, 0) is 7.05 Å². The lowest BCUT2D eigenvalue weighted by Crippen LogP contribution is -2.48. The molecule has 0 bridgehead atoms. The SMILES string of the molecule is CNC[C@H](O)[C@@H](O)[C@H](O)[C@H](O)CO.Cn1c(=O)c2[nH]cnc2n(C)c1=O. The number of likely N-dealkylation sites (N-methyl/N-ethyl adjacent to an activating group) is 1. The molecular formula is C14H25N5O7. The van der Waals surface area contributed by atoms with E-state index in [9.17, 15) is 14.7 Å². The summed E-state index contributed by atoms with van der Waals surface area (Å²) in [6.07, 6.45) is -4.25. The molecule has 0 aliphatic rings. The number of nitrogens with one attached hydrogen (secondary N) is 2. The average molecular weight is 375 g/mol. The van der Waals surface area contributed by atoms with Crippen molar-refractivity contribution >= 4 is 11.2 Å². The molecule has 0 unspecified atom stereocenters. The summed E-state index contributed by atoms with van der Waals surface area (Å²) in [5, 5.41) is 47.5. The fourth-order valence-electron chi connectivity index (χ4n) is 2.16. The van der Waals surface area contributed by atoms with Crippen LogP contribution in [0.15, 0.2) is 15.9 Å². The van der Waals surface area contributed by atoms with Crippen LogP contribution < -0.4 is 16.6 Å². The molecule has 148 valence electrons. The van der Waals surface area contributed by atoms with Crippen LogP contribution in [0.2, 0.25) is 0 Å². The van der Waals surface area contributed by atoms with Crippen molar-refractivity contribution in [2.24, 2.45) is 14.1 Å². The molecule has 12 heteroatoms. The molecule has 12 nitrogen and oxygen atoms in total. The average Bonchev–Trinajstić information content (AvgIpc) is 3.13. The van der Waals surface area contributed by atoms with Gasteiger partial charge in [-0.3, -0.25) is 13.9 Å². The van der Waals surface area contributed by atoms with E-state index in [0.29, 0.717) is 11.2 Å². The minimum atomic E-state index is -1.55. The standard InChI is InChI=1S/C7H8N4O2.C7H17NO5/c1-10-5-4(8-3-9-5)6(12)11(2)7(10)13;1-8-2-4(10)6(12)7(13)5(11)3-9/h3H,1-2H3,(H,8,9);4-13H,2-3H2,1H3/t;4-,5+,6+,7+/m.0/s1. The second-order valence-electron chi connectivity index (χ2n) is 5.66. The second kappa shape index (κ2) is 9.56. The first-order valence-electron chi connectivity index (χ1n) is 7.74. The Morgan fingerprint density at radius 3 is 2.23 bits per heavy atom. The largest absolute Gasteiger partial charge is 0.394 e. The highest BCUT2D eigenvalue weighted by Crippen LogP contribution is 2.04. The number of aliphatic hydroxyl groups excluding tert-OH is 5. The summed E-state index contributed by atoms with van der Waals surface area (Å²) in [5.41, 5.74) is 0.0119. The van der Waals surface area contributed by atoms with Gasteiger partial charge >= 0.3 is 5.69 Å². The van der Waals surface area contributed by atoms with Gasteiger partial charge in [-0.2, -0.15) is 0 Å². The van der Waals surface area contributed by atoms with Gasteiger partial charge in [0.2, 0.25) is 0 Å². The summed E-state index contributed by atoms with van der Waals surface area (Å²) >= 11 is 0. The highest BCUT2D eigenvalue weighted by atomic mass is 16.4. The fourth-order valence-corrected chi connectivity index (χ4v) is 2.16. The molecule has 26 heavy (non-hydrogen) atoms. The molecule has 0 aliphatic heterocycles. The zero-order valence-corrected chi connectivity index (χ0v) is 14.7. The summed E-state index contributed by atoms with van der Waals surface area (Å²) in [6, 6.07) is 0. The van der Waals surface area contributed by atoms with E-state index in [1.54, 1.807) is 14.1 Å². The van der Waals surface area contributed by atoms with Gasteiger partial charge < -0.3 is 35.8 Å². The van der Waals surface area contributed by atoms with E-state index >= 15 is 0 Å². The highest BCUT2D eigenvalue weighted by Gasteiger charge is 2.29. The predicted molar refractivity (Wildman–Crippen MR) is 91.6 cm³/mol. The van der Waals surface area contributed by atoms with Crippen LogP contribution in [0, 0.1) is 0 Å². The molecule has 0 amide bonds. The van der Waals surface area contributed by atoms with Crippen LogP contribution in [0.4, 0.5) is 0 Å². The Kier molecular flexibility index (Phi) is 8.08. The van der Waals surface area contributed by atoms with Crippen LogP contribution in [0.25, 0.3) is 11.2 Å². The Morgan fingerprint density at radius 1 is 1.12 bits per heavy atom. The molecule has 0 aliphatic carbocycles. The lowest BCUT2D eigenvalue weighted by atomic mass is 10.0. The number of aromatic nitrogens is 4. The van der Waals surface area contributed by atoms with Gasteiger partial charge in [0, 0.05) is 20.6 Å². The summed E-state index contributed by atoms with van der Waals surface area (Å²) in [6.45, 7) is -0.569. The zero-order chi connectivity index (χ0) is 20.0. The van der Waals surface area contributed by atoms with Gasteiger partial charge in [0.15, 0.2) is 5.65 Å². The third-order valence-corrected chi connectivity index (χ3v) is 3.77. The molecular weight excluding hydrogens is 350 g/mol. The number of aliphatic hydroxyl groups is 5. The molecule has 4 atom stereocenters. The molecule has 7 N–H and O–H groups in total. The first-order valence-corrected chi connectivity index (χ1v) is 7.74. The van der Waals surface area contributed by atoms with Crippen molar-refractivity contribution in [2.45, 2.75) is 24.4 Å². The van der Waals surface area contributed by atoms with Crippen molar-refractivity contribution in [1.29, 1.82) is 0 Å². The minimum Gasteiger partial charge on any atom is -0.394 e. The van der Waals surface area contributed by atoms with Gasteiger partial charge in [0.1, 0.15) is 23.8 Å². The number of H-pyrrole nitrogens is 1. The maximum absolute atomic E-state index is 11.4. The van der Waals surface area contributed by atoms with E-state index < -0.39 is 31.0 Å². The number of hydrogen-bond acceptors (Lipinski definition) is 9. The molecule has 0 saturated heterocycles. The first kappa shape index (κ1) is 22.0. The van der Waals surface area contributed by atoms with Gasteiger partial charge in [-0.15, -0.1) is 0 Å². The van der Waals surface area contributed by atoms with Crippen molar-refractivity contribution in [3.63, 3.8) is 0 Å². The predicted octanol–water partition coefficient (Wildman–Crippen LogP) is -4.40. The monoisotopic (exact) mass is 375 g/mol. The molecule has 0 radical (unpaired) electrons. The molecule has 0 spiro atoms. The molecule has 2 rings (SSSR count). The normalized spacial score (nSPS) is 15.8. The van der Waals surface area contributed by atoms with Crippen molar-refractivity contribution in [3.05, 3.63) is 27.2 Å². The molecule has 0 fully saturated rings. The molecule has 2 aromatic heterocycles. The van der Waals surface area contributed by atoms with E-state index in [1.165, 1.54) is 17.9 Å². The number of aromatic amines is 1. The van der Waals surface area contributed by atoms with Gasteiger partial charge in [0.05, 0.1) is 19.0 Å². The Labute approximate surface area is 148 Å². The van der Waals surface area contributed by atoms with Crippen LogP contribution in [0.3, 0.4) is 0 Å². The van der Waals surface area contributed by atoms with Crippen molar-refractivity contribution in [2.75, 3.05) is 20.2 Å². The van der Waals surface area contributed by atoms with Gasteiger partial charge in [0.25, 0.3) is 5.56 Å². The van der Waals surface area contributed by atoms with Crippen LogP contribution in [0.1, 0.15) is 0 Å². The number of hydrogen-bond donors (Lipinski definition) is 7. The Morgan fingerprint density at radius 2 is 1.69 bits per heavy atom. The lowest BCUT2D eigenvalue weighted by Gasteiger charge is -2.25. The topological polar surface area (TPSA) is 186 Å². The van der Waals surface area contributed by atoms with Crippen LogP contribution >= 0.6 is 0 Å². The van der Waals surface area contributed by atoms with Crippen molar-refractivity contribution in [3.8, 4) is 0 Å². The Hall–Kier alpha value is -2.09. The summed E-state index contributed by atoms with van der Waals surface area (Å²) in [7, 11) is 4.58. The third kappa shape index (κ3) is 4.75. The number of aryl methyl sites for hydroxylation is 1. The summed E-state index contributed by atoms with van der Waals surface area (Å²) in [4.78, 5) is 29.4. The summed E-state index contributed by atoms with van der Waals surface area (Å²) in [5.74, 6) is 0. The van der Waals surface area contributed by atoms with E-state index in [-0.39, 0.29) is 17.8 Å². The molecule has 0 aromatic carbocycles. The van der Waals surface area contributed by atoms with E-state index in [0.717, 1.165) is 4.57 Å². The number of imidazole rings is 1. The third-order valence-electron chi connectivity index (χ3n) is 3.77. The Balaban J connectivity index is 0.000000260. The number of fused-ring (bicyclic) bond motifs is 1. The molecule has 2 heterocycles. The van der Waals surface area contributed by atoms with Crippen LogP contribution in [-0.2, 0) is 14.1 Å². The van der Waals surface area contributed by atoms with Crippen LogP contribution in [0.5, 0.6) is 0 Å². The molecule has 0 saturated carbocycles. The van der Waals surface area contributed by atoms with E-state index in [2.05, 4.69) is 15.3 Å². The van der Waals surface area contributed by atoms with E-state index in [1.807, 2.05) is 0 Å². The maximum Gasteiger partial charge on any atom is 0.332 e. The Bertz CT molecular complexity index is 814. The van der Waals surface area contributed by atoms with Crippen molar-refractivity contribution < 1.29 is 25.5 Å². The fraction of sp³-hybridized carbons (Fsp3) is 0.643. The van der Waals surface area contributed by atoms with Gasteiger partial charge in [-0.1, -0.05) is 0 Å². The van der Waals surface area contributed by atoms with Crippen LogP contribution in [-0.4, -0.2) is 89.2 Å². The first-order chi connectivity index (χ1) is 12.2. The number of rotatable bonds is 6.